The first-order chi connectivity index (χ1) is 13.8. The van der Waals surface area contributed by atoms with Gasteiger partial charge in [0.25, 0.3) is 0 Å². The fourth-order valence-electron chi connectivity index (χ4n) is 4.04. The number of rotatable bonds is 6. The highest BCUT2D eigenvalue weighted by atomic mass is 16.5. The van der Waals surface area contributed by atoms with Crippen LogP contribution in [-0.4, -0.2) is 24.7 Å². The lowest BCUT2D eigenvalue weighted by Crippen LogP contribution is -2.32. The molecule has 3 aromatic rings. The highest BCUT2D eigenvalue weighted by Gasteiger charge is 2.17. The predicted molar refractivity (Wildman–Crippen MR) is 113 cm³/mol. The minimum Gasteiger partial charge on any atom is -0.496 e. The standard InChI is InChI=1S/C24H25N3O/c1-28-24-5-3-2-4-19(24)12-13-26-20-9-7-18(8-10-20)22-16-27-23-11-6-17(15-25)14-21(22)23/h2-7,11,14,16,20,26-27H,8-10,12-13H2,1H3. The zero-order valence-corrected chi connectivity index (χ0v) is 16.2. The van der Waals surface area contributed by atoms with E-state index >= 15 is 0 Å². The minimum absolute atomic E-state index is 0.512. The highest BCUT2D eigenvalue weighted by Crippen LogP contribution is 2.32. The van der Waals surface area contributed by atoms with Crippen LogP contribution in [0.4, 0.5) is 0 Å². The van der Waals surface area contributed by atoms with Gasteiger partial charge in [-0.2, -0.15) is 5.26 Å². The maximum Gasteiger partial charge on any atom is 0.122 e. The number of aromatic nitrogens is 1. The molecular weight excluding hydrogens is 346 g/mol. The molecule has 0 spiro atoms. The molecule has 1 aromatic heterocycles. The molecule has 1 aliphatic rings. The van der Waals surface area contributed by atoms with E-state index in [-0.39, 0.29) is 0 Å². The van der Waals surface area contributed by atoms with Gasteiger partial charge in [-0.15, -0.1) is 0 Å². The summed E-state index contributed by atoms with van der Waals surface area (Å²) in [6.45, 7) is 0.951. The Morgan fingerprint density at radius 2 is 2.14 bits per heavy atom. The first-order valence-electron chi connectivity index (χ1n) is 9.84. The second-order valence-electron chi connectivity index (χ2n) is 7.29. The number of nitrogens with zero attached hydrogens (tertiary/aromatic N) is 1. The largest absolute Gasteiger partial charge is 0.496 e. The van der Waals surface area contributed by atoms with Crippen molar-refractivity contribution in [2.75, 3.05) is 13.7 Å². The molecule has 0 saturated heterocycles. The summed E-state index contributed by atoms with van der Waals surface area (Å²) in [5, 5.41) is 14.0. The van der Waals surface area contributed by atoms with Gasteiger partial charge in [0.15, 0.2) is 0 Å². The van der Waals surface area contributed by atoms with Crippen LogP contribution in [0.15, 0.2) is 54.7 Å². The van der Waals surface area contributed by atoms with Crippen molar-refractivity contribution in [3.05, 3.63) is 71.4 Å². The summed E-state index contributed by atoms with van der Waals surface area (Å²) < 4.78 is 5.43. The number of nitrogens with one attached hydrogen (secondary N) is 2. The Morgan fingerprint density at radius 3 is 2.93 bits per heavy atom. The summed E-state index contributed by atoms with van der Waals surface area (Å²) in [5.74, 6) is 0.964. The molecule has 142 valence electrons. The second-order valence-corrected chi connectivity index (χ2v) is 7.29. The molecule has 0 saturated carbocycles. The van der Waals surface area contributed by atoms with Crippen LogP contribution in [0.2, 0.25) is 0 Å². The Hall–Kier alpha value is -3.03. The van der Waals surface area contributed by atoms with E-state index in [0.29, 0.717) is 11.6 Å². The number of ether oxygens (including phenoxy) is 1. The monoisotopic (exact) mass is 371 g/mol. The van der Waals surface area contributed by atoms with E-state index in [4.69, 9.17) is 4.74 Å². The fourth-order valence-corrected chi connectivity index (χ4v) is 4.04. The van der Waals surface area contributed by atoms with Crippen molar-refractivity contribution in [1.29, 1.82) is 5.26 Å². The molecule has 0 bridgehead atoms. The van der Waals surface area contributed by atoms with E-state index < -0.39 is 0 Å². The molecule has 4 nitrogen and oxygen atoms in total. The number of allylic oxidation sites excluding steroid dienone is 1. The van der Waals surface area contributed by atoms with E-state index in [2.05, 4.69) is 40.8 Å². The van der Waals surface area contributed by atoms with Crippen molar-refractivity contribution in [1.82, 2.24) is 10.3 Å². The molecule has 0 aliphatic heterocycles. The van der Waals surface area contributed by atoms with Gasteiger partial charge >= 0.3 is 0 Å². The normalized spacial score (nSPS) is 16.6. The van der Waals surface area contributed by atoms with Gasteiger partial charge in [0.1, 0.15) is 5.75 Å². The lowest BCUT2D eigenvalue weighted by molar-refractivity contribution is 0.407. The molecular formula is C24H25N3O. The maximum atomic E-state index is 9.18. The number of H-pyrrole nitrogens is 1. The molecule has 2 aromatic carbocycles. The molecule has 1 unspecified atom stereocenters. The number of nitriles is 1. The van der Waals surface area contributed by atoms with Crippen LogP contribution in [0, 0.1) is 11.3 Å². The Morgan fingerprint density at radius 1 is 1.25 bits per heavy atom. The van der Waals surface area contributed by atoms with Gasteiger partial charge in [-0.1, -0.05) is 24.3 Å². The van der Waals surface area contributed by atoms with Gasteiger partial charge in [0.05, 0.1) is 18.7 Å². The van der Waals surface area contributed by atoms with Crippen LogP contribution < -0.4 is 10.1 Å². The Bertz CT molecular complexity index is 1040. The van der Waals surface area contributed by atoms with Crippen LogP contribution >= 0.6 is 0 Å². The van der Waals surface area contributed by atoms with Crippen LogP contribution in [-0.2, 0) is 6.42 Å². The lowest BCUT2D eigenvalue weighted by Gasteiger charge is -2.23. The first-order valence-corrected chi connectivity index (χ1v) is 9.84. The van der Waals surface area contributed by atoms with Gasteiger partial charge < -0.3 is 15.0 Å². The van der Waals surface area contributed by atoms with Crippen molar-refractivity contribution in [3.63, 3.8) is 0 Å². The number of para-hydroxylation sites is 1. The summed E-state index contributed by atoms with van der Waals surface area (Å²) in [6, 6.07) is 16.8. The average Bonchev–Trinajstić information content (AvgIpc) is 3.17. The van der Waals surface area contributed by atoms with Crippen molar-refractivity contribution >= 4 is 16.5 Å². The molecule has 28 heavy (non-hydrogen) atoms. The number of aromatic amines is 1. The summed E-state index contributed by atoms with van der Waals surface area (Å²) >= 11 is 0. The number of benzene rings is 2. The average molecular weight is 371 g/mol. The Balaban J connectivity index is 1.38. The van der Waals surface area contributed by atoms with Gasteiger partial charge in [0.2, 0.25) is 0 Å². The third-order valence-electron chi connectivity index (χ3n) is 5.59. The smallest absolute Gasteiger partial charge is 0.122 e. The Labute approximate surface area is 165 Å². The highest BCUT2D eigenvalue weighted by molar-refractivity contribution is 5.93. The third kappa shape index (κ3) is 3.81. The van der Waals surface area contributed by atoms with Crippen molar-refractivity contribution in [3.8, 4) is 11.8 Å². The van der Waals surface area contributed by atoms with Crippen LogP contribution in [0.5, 0.6) is 5.75 Å². The van der Waals surface area contributed by atoms with Gasteiger partial charge in [-0.05, 0) is 67.6 Å². The fraction of sp³-hybridized carbons (Fsp3) is 0.292. The lowest BCUT2D eigenvalue weighted by atomic mass is 9.90. The summed E-state index contributed by atoms with van der Waals surface area (Å²) in [4.78, 5) is 3.33. The minimum atomic E-state index is 0.512. The molecule has 2 N–H and O–H groups in total. The van der Waals surface area contributed by atoms with Crippen molar-refractivity contribution < 1.29 is 4.74 Å². The van der Waals surface area contributed by atoms with Gasteiger partial charge in [-0.25, -0.2) is 0 Å². The van der Waals surface area contributed by atoms with Crippen molar-refractivity contribution in [2.24, 2.45) is 0 Å². The van der Waals surface area contributed by atoms with Gasteiger partial charge in [0, 0.05) is 28.7 Å². The van der Waals surface area contributed by atoms with Crippen molar-refractivity contribution in [2.45, 2.75) is 31.7 Å². The zero-order chi connectivity index (χ0) is 19.3. The molecule has 1 heterocycles. The number of hydrogen-bond donors (Lipinski definition) is 2. The first kappa shape index (κ1) is 18.3. The van der Waals surface area contributed by atoms with E-state index in [1.54, 1.807) is 7.11 Å². The Kier molecular flexibility index (Phi) is 5.45. The van der Waals surface area contributed by atoms with Crippen LogP contribution in [0.1, 0.15) is 36.0 Å². The summed E-state index contributed by atoms with van der Waals surface area (Å²) in [5.41, 5.74) is 5.66. The number of methoxy groups -OCH3 is 1. The molecule has 1 atom stereocenters. The van der Waals surface area contributed by atoms with E-state index in [1.807, 2.05) is 30.3 Å². The molecule has 1 aliphatic carbocycles. The second kappa shape index (κ2) is 8.33. The summed E-state index contributed by atoms with van der Waals surface area (Å²) in [7, 11) is 1.73. The molecule has 4 heteroatoms. The predicted octanol–water partition coefficient (Wildman–Crippen LogP) is 4.82. The summed E-state index contributed by atoms with van der Waals surface area (Å²) in [6.07, 6.45) is 8.61. The number of fused-ring (bicyclic) bond motifs is 1. The van der Waals surface area contributed by atoms with Crippen LogP contribution in [0.3, 0.4) is 0 Å². The number of hydrogen-bond acceptors (Lipinski definition) is 3. The van der Waals surface area contributed by atoms with Crippen LogP contribution in [0.25, 0.3) is 16.5 Å². The molecule has 4 rings (SSSR count). The maximum absolute atomic E-state index is 9.18. The van der Waals surface area contributed by atoms with Gasteiger partial charge in [-0.3, -0.25) is 0 Å². The topological polar surface area (TPSA) is 60.8 Å². The van der Waals surface area contributed by atoms with E-state index in [1.165, 1.54) is 16.7 Å². The third-order valence-corrected chi connectivity index (χ3v) is 5.59. The molecule has 0 amide bonds. The SMILES string of the molecule is COc1ccccc1CCNC1CC=C(c2c[nH]c3ccc(C#N)cc23)CC1. The quantitative estimate of drug-likeness (QED) is 0.653. The molecule has 0 radical (unpaired) electrons. The zero-order valence-electron chi connectivity index (χ0n) is 16.2. The van der Waals surface area contributed by atoms with E-state index in [9.17, 15) is 5.26 Å². The van der Waals surface area contributed by atoms with E-state index in [0.717, 1.165) is 48.9 Å². The molecule has 0 fully saturated rings.